The highest BCUT2D eigenvalue weighted by atomic mass is 35.5. The van der Waals surface area contributed by atoms with Crippen LogP contribution in [0.4, 0.5) is 0 Å². The Labute approximate surface area is 161 Å². The molecule has 3 aromatic rings. The van der Waals surface area contributed by atoms with Crippen LogP contribution in [0.3, 0.4) is 0 Å². The molecule has 0 unspecified atom stereocenters. The molecular formula is C21H20ClNO4. The molecule has 1 N–H and O–H groups in total. The lowest BCUT2D eigenvalue weighted by Gasteiger charge is -2.09. The zero-order valence-corrected chi connectivity index (χ0v) is 15.7. The van der Waals surface area contributed by atoms with Crippen LogP contribution in [-0.2, 0) is 17.6 Å². The number of benzene rings is 2. The molecule has 1 heterocycles. The molecule has 0 spiro atoms. The highest BCUT2D eigenvalue weighted by molar-refractivity contribution is 6.30. The Morgan fingerprint density at radius 1 is 1.15 bits per heavy atom. The van der Waals surface area contributed by atoms with Crippen LogP contribution in [0.2, 0.25) is 5.02 Å². The van der Waals surface area contributed by atoms with Crippen LogP contribution in [-0.4, -0.2) is 19.1 Å². The molecule has 3 rings (SSSR count). The molecule has 0 fully saturated rings. The van der Waals surface area contributed by atoms with Gasteiger partial charge in [0.15, 0.2) is 6.61 Å². The van der Waals surface area contributed by atoms with Gasteiger partial charge in [0.2, 0.25) is 0 Å². The molecule has 0 atom stereocenters. The molecule has 0 aliphatic rings. The summed E-state index contributed by atoms with van der Waals surface area (Å²) in [6.07, 6.45) is 1.45. The number of ether oxygens (including phenoxy) is 1. The van der Waals surface area contributed by atoms with Gasteiger partial charge in [-0.05, 0) is 48.2 Å². The molecule has 2 aromatic carbocycles. The van der Waals surface area contributed by atoms with E-state index in [0.29, 0.717) is 29.3 Å². The van der Waals surface area contributed by atoms with Crippen molar-refractivity contribution in [2.75, 3.05) is 13.2 Å². The fraction of sp³-hybridized carbons (Fsp3) is 0.238. The molecule has 0 bridgehead atoms. The van der Waals surface area contributed by atoms with E-state index in [0.717, 1.165) is 22.9 Å². The first kappa shape index (κ1) is 19.0. The van der Waals surface area contributed by atoms with Crippen LogP contribution >= 0.6 is 11.6 Å². The summed E-state index contributed by atoms with van der Waals surface area (Å²) in [7, 11) is 0. The third kappa shape index (κ3) is 5.11. The second-order valence-electron chi connectivity index (χ2n) is 6.12. The van der Waals surface area contributed by atoms with E-state index in [4.69, 9.17) is 20.8 Å². The zero-order chi connectivity index (χ0) is 19.2. The van der Waals surface area contributed by atoms with Gasteiger partial charge in [0, 0.05) is 29.1 Å². The molecule has 0 saturated heterocycles. The number of hydrogen-bond acceptors (Lipinski definition) is 4. The van der Waals surface area contributed by atoms with E-state index < -0.39 is 5.63 Å². The highest BCUT2D eigenvalue weighted by Gasteiger charge is 2.07. The average molecular weight is 386 g/mol. The molecule has 0 saturated carbocycles. The fourth-order valence-corrected chi connectivity index (χ4v) is 2.92. The molecule has 6 heteroatoms. The van der Waals surface area contributed by atoms with Crippen molar-refractivity contribution in [2.45, 2.75) is 19.8 Å². The number of rotatable bonds is 7. The fourth-order valence-electron chi connectivity index (χ4n) is 2.79. The van der Waals surface area contributed by atoms with Crippen LogP contribution in [0.5, 0.6) is 5.75 Å². The standard InChI is InChI=1S/C21H20ClNO4/c1-2-15-11-21(25)27-19-12-17(7-8-18(15)19)26-13-20(24)23-10-9-14-3-5-16(22)6-4-14/h3-8,11-12H,2,9-10,13H2,1H3,(H,23,24). The van der Waals surface area contributed by atoms with Crippen molar-refractivity contribution >= 4 is 28.5 Å². The summed E-state index contributed by atoms with van der Waals surface area (Å²) in [5.74, 6) is 0.263. The minimum Gasteiger partial charge on any atom is -0.484 e. The highest BCUT2D eigenvalue weighted by Crippen LogP contribution is 2.23. The van der Waals surface area contributed by atoms with Gasteiger partial charge >= 0.3 is 5.63 Å². The Morgan fingerprint density at radius 3 is 2.67 bits per heavy atom. The van der Waals surface area contributed by atoms with Crippen LogP contribution in [0.25, 0.3) is 11.0 Å². The third-order valence-electron chi connectivity index (χ3n) is 4.20. The molecule has 27 heavy (non-hydrogen) atoms. The van der Waals surface area contributed by atoms with E-state index in [-0.39, 0.29) is 12.5 Å². The molecule has 0 aliphatic heterocycles. The van der Waals surface area contributed by atoms with Crippen molar-refractivity contribution in [3.05, 3.63) is 75.1 Å². The van der Waals surface area contributed by atoms with Gasteiger partial charge in [0.25, 0.3) is 5.91 Å². The number of carbonyl (C=O) groups excluding carboxylic acids is 1. The zero-order valence-electron chi connectivity index (χ0n) is 15.0. The van der Waals surface area contributed by atoms with E-state index in [2.05, 4.69) is 5.32 Å². The number of fused-ring (bicyclic) bond motifs is 1. The predicted molar refractivity (Wildman–Crippen MR) is 106 cm³/mol. The van der Waals surface area contributed by atoms with Crippen molar-refractivity contribution in [2.24, 2.45) is 0 Å². The summed E-state index contributed by atoms with van der Waals surface area (Å²) in [4.78, 5) is 23.6. The average Bonchev–Trinajstić information content (AvgIpc) is 2.67. The summed E-state index contributed by atoms with van der Waals surface area (Å²) in [5.41, 5.74) is 2.08. The van der Waals surface area contributed by atoms with Gasteiger partial charge in [-0.25, -0.2) is 4.79 Å². The molecule has 140 valence electrons. The maximum absolute atomic E-state index is 11.9. The summed E-state index contributed by atoms with van der Waals surface area (Å²) in [5, 5.41) is 4.37. The van der Waals surface area contributed by atoms with E-state index in [1.54, 1.807) is 12.1 Å². The van der Waals surface area contributed by atoms with E-state index >= 15 is 0 Å². The van der Waals surface area contributed by atoms with Gasteiger partial charge in [-0.2, -0.15) is 0 Å². The molecule has 1 amide bonds. The van der Waals surface area contributed by atoms with Gasteiger partial charge in [0.1, 0.15) is 11.3 Å². The Kier molecular flexibility index (Phi) is 6.14. The first-order valence-corrected chi connectivity index (χ1v) is 9.13. The molecule has 1 aromatic heterocycles. The van der Waals surface area contributed by atoms with Crippen molar-refractivity contribution < 1.29 is 13.9 Å². The summed E-state index contributed by atoms with van der Waals surface area (Å²) < 4.78 is 10.7. The van der Waals surface area contributed by atoms with Gasteiger partial charge in [-0.15, -0.1) is 0 Å². The maximum Gasteiger partial charge on any atom is 0.336 e. The van der Waals surface area contributed by atoms with Crippen LogP contribution in [0.15, 0.2) is 57.7 Å². The number of nitrogens with one attached hydrogen (secondary N) is 1. The Balaban J connectivity index is 1.54. The summed E-state index contributed by atoms with van der Waals surface area (Å²) in [6.45, 7) is 2.38. The van der Waals surface area contributed by atoms with Crippen molar-refractivity contribution in [1.82, 2.24) is 5.32 Å². The SMILES string of the molecule is CCc1cc(=O)oc2cc(OCC(=O)NCCc3ccc(Cl)cc3)ccc12. The van der Waals surface area contributed by atoms with Crippen LogP contribution < -0.4 is 15.7 Å². The topological polar surface area (TPSA) is 68.5 Å². The third-order valence-corrected chi connectivity index (χ3v) is 4.45. The Morgan fingerprint density at radius 2 is 1.93 bits per heavy atom. The minimum atomic E-state index is -0.392. The first-order chi connectivity index (χ1) is 13.0. The quantitative estimate of drug-likeness (QED) is 0.629. The van der Waals surface area contributed by atoms with Crippen molar-refractivity contribution in [1.29, 1.82) is 0 Å². The lowest BCUT2D eigenvalue weighted by Crippen LogP contribution is -2.30. The molecular weight excluding hydrogens is 366 g/mol. The number of hydrogen-bond donors (Lipinski definition) is 1. The Hall–Kier alpha value is -2.79. The first-order valence-electron chi connectivity index (χ1n) is 8.76. The summed E-state index contributed by atoms with van der Waals surface area (Å²) in [6, 6.07) is 14.2. The smallest absolute Gasteiger partial charge is 0.336 e. The van der Waals surface area contributed by atoms with E-state index in [9.17, 15) is 9.59 Å². The van der Waals surface area contributed by atoms with E-state index in [1.807, 2.05) is 37.3 Å². The normalized spacial score (nSPS) is 10.7. The van der Waals surface area contributed by atoms with Crippen LogP contribution in [0.1, 0.15) is 18.1 Å². The number of halogens is 1. The van der Waals surface area contributed by atoms with Gasteiger partial charge in [0.05, 0.1) is 0 Å². The summed E-state index contributed by atoms with van der Waals surface area (Å²) >= 11 is 5.85. The molecule has 0 aliphatic carbocycles. The number of carbonyl (C=O) groups is 1. The Bertz CT molecular complexity index is 995. The largest absolute Gasteiger partial charge is 0.484 e. The van der Waals surface area contributed by atoms with Crippen LogP contribution in [0, 0.1) is 0 Å². The lowest BCUT2D eigenvalue weighted by molar-refractivity contribution is -0.123. The monoisotopic (exact) mass is 385 g/mol. The minimum absolute atomic E-state index is 0.107. The second-order valence-corrected chi connectivity index (χ2v) is 6.55. The van der Waals surface area contributed by atoms with Gasteiger partial charge in [-0.3, -0.25) is 4.79 Å². The molecule has 0 radical (unpaired) electrons. The number of aryl methyl sites for hydroxylation is 1. The predicted octanol–water partition coefficient (Wildman–Crippen LogP) is 3.75. The maximum atomic E-state index is 11.9. The second kappa shape index (κ2) is 8.73. The van der Waals surface area contributed by atoms with Gasteiger partial charge < -0.3 is 14.5 Å². The van der Waals surface area contributed by atoms with Crippen molar-refractivity contribution in [3.63, 3.8) is 0 Å². The van der Waals surface area contributed by atoms with E-state index in [1.165, 1.54) is 6.07 Å². The molecule has 5 nitrogen and oxygen atoms in total. The lowest BCUT2D eigenvalue weighted by atomic mass is 10.1. The number of amides is 1. The van der Waals surface area contributed by atoms with Crippen molar-refractivity contribution in [3.8, 4) is 5.75 Å². The van der Waals surface area contributed by atoms with Gasteiger partial charge in [-0.1, -0.05) is 30.7 Å².